The first-order valence-electron chi connectivity index (χ1n) is 6.84. The fraction of sp³-hybridized carbons (Fsp3) is 0.400. The molecular weight excluding hydrogens is 272 g/mol. The third-order valence-corrected chi connectivity index (χ3v) is 2.95. The highest BCUT2D eigenvalue weighted by molar-refractivity contribution is 5.96. The van der Waals surface area contributed by atoms with Crippen molar-refractivity contribution < 1.29 is 18.7 Å². The van der Waals surface area contributed by atoms with Crippen LogP contribution in [0, 0.1) is 0 Å². The average molecular weight is 292 g/mol. The largest absolute Gasteiger partial charge is 0.451 e. The standard InChI is InChI=1S/C15H20N2O4/c1-19-7-8-20-6-2-5-17-15(18)14-10-11-9-12(16)3-4-13(11)21-14/h3-4,9-10H,2,5-8,16H2,1H3,(H,17,18). The van der Waals surface area contributed by atoms with Crippen LogP contribution in [0.15, 0.2) is 28.7 Å². The van der Waals surface area contributed by atoms with Crippen LogP contribution in [0.25, 0.3) is 11.0 Å². The monoisotopic (exact) mass is 292 g/mol. The van der Waals surface area contributed by atoms with Gasteiger partial charge in [-0.25, -0.2) is 0 Å². The molecule has 6 nitrogen and oxygen atoms in total. The second kappa shape index (κ2) is 7.66. The molecule has 0 unspecified atom stereocenters. The normalized spacial score (nSPS) is 10.9. The lowest BCUT2D eigenvalue weighted by molar-refractivity contribution is 0.0687. The third kappa shape index (κ3) is 4.47. The number of amides is 1. The molecule has 1 amide bonds. The van der Waals surface area contributed by atoms with Gasteiger partial charge >= 0.3 is 0 Å². The maximum atomic E-state index is 11.9. The SMILES string of the molecule is COCCOCCCNC(=O)c1cc2cc(N)ccc2o1. The lowest BCUT2D eigenvalue weighted by Gasteiger charge is -2.04. The van der Waals surface area contributed by atoms with Crippen molar-refractivity contribution in [3.63, 3.8) is 0 Å². The molecule has 0 fully saturated rings. The van der Waals surface area contributed by atoms with Gasteiger partial charge in [0, 0.05) is 31.3 Å². The van der Waals surface area contributed by atoms with Crippen LogP contribution < -0.4 is 11.1 Å². The number of hydrogen-bond donors (Lipinski definition) is 2. The number of hydrogen-bond acceptors (Lipinski definition) is 5. The summed E-state index contributed by atoms with van der Waals surface area (Å²) >= 11 is 0. The molecule has 3 N–H and O–H groups in total. The molecule has 0 radical (unpaired) electrons. The smallest absolute Gasteiger partial charge is 0.287 e. The molecule has 21 heavy (non-hydrogen) atoms. The predicted molar refractivity (Wildman–Crippen MR) is 80.3 cm³/mol. The van der Waals surface area contributed by atoms with Gasteiger partial charge < -0.3 is 24.9 Å². The number of furan rings is 1. The van der Waals surface area contributed by atoms with Gasteiger partial charge in [-0.2, -0.15) is 0 Å². The molecule has 0 bridgehead atoms. The third-order valence-electron chi connectivity index (χ3n) is 2.95. The van der Waals surface area contributed by atoms with Crippen molar-refractivity contribution in [1.82, 2.24) is 5.32 Å². The molecule has 0 saturated carbocycles. The first-order chi connectivity index (χ1) is 10.2. The summed E-state index contributed by atoms with van der Waals surface area (Å²) < 4.78 is 15.7. The molecule has 6 heteroatoms. The Bertz CT molecular complexity index is 594. The van der Waals surface area contributed by atoms with E-state index in [0.717, 1.165) is 11.8 Å². The maximum absolute atomic E-state index is 11.9. The number of nitrogens with one attached hydrogen (secondary N) is 1. The van der Waals surface area contributed by atoms with Crippen molar-refractivity contribution in [1.29, 1.82) is 0 Å². The van der Waals surface area contributed by atoms with Gasteiger partial charge in [-0.15, -0.1) is 0 Å². The Kier molecular flexibility index (Phi) is 5.59. The van der Waals surface area contributed by atoms with E-state index in [0.29, 0.717) is 37.6 Å². The summed E-state index contributed by atoms with van der Waals surface area (Å²) in [4.78, 5) is 11.9. The predicted octanol–water partition coefficient (Wildman–Crippen LogP) is 1.80. The molecule has 0 spiro atoms. The van der Waals surface area contributed by atoms with Crippen LogP contribution >= 0.6 is 0 Å². The number of anilines is 1. The van der Waals surface area contributed by atoms with Gasteiger partial charge in [0.1, 0.15) is 5.58 Å². The number of nitrogens with two attached hydrogens (primary N) is 1. The number of nitrogen functional groups attached to an aromatic ring is 1. The maximum Gasteiger partial charge on any atom is 0.287 e. The Balaban J connectivity index is 1.77. The number of carbonyl (C=O) groups is 1. The molecule has 0 atom stereocenters. The zero-order valence-corrected chi connectivity index (χ0v) is 12.1. The molecule has 2 rings (SSSR count). The quantitative estimate of drug-likeness (QED) is 0.572. The Hall–Kier alpha value is -2.05. The van der Waals surface area contributed by atoms with Gasteiger partial charge in [0.2, 0.25) is 0 Å². The minimum absolute atomic E-state index is 0.235. The van der Waals surface area contributed by atoms with Crippen molar-refractivity contribution in [2.24, 2.45) is 0 Å². The lowest BCUT2D eigenvalue weighted by atomic mass is 10.2. The highest BCUT2D eigenvalue weighted by atomic mass is 16.5. The minimum Gasteiger partial charge on any atom is -0.451 e. The second-order valence-corrected chi connectivity index (χ2v) is 4.62. The van der Waals surface area contributed by atoms with E-state index in [9.17, 15) is 4.79 Å². The van der Waals surface area contributed by atoms with Crippen molar-refractivity contribution in [2.75, 3.05) is 39.2 Å². The van der Waals surface area contributed by atoms with Crippen LogP contribution in [0.2, 0.25) is 0 Å². The molecule has 0 aliphatic rings. The Morgan fingerprint density at radius 2 is 2.14 bits per heavy atom. The van der Waals surface area contributed by atoms with E-state index < -0.39 is 0 Å². The van der Waals surface area contributed by atoms with E-state index in [1.165, 1.54) is 0 Å². The summed E-state index contributed by atoms with van der Waals surface area (Å²) in [6.45, 7) is 2.26. The summed E-state index contributed by atoms with van der Waals surface area (Å²) in [6, 6.07) is 6.96. The van der Waals surface area contributed by atoms with Crippen molar-refractivity contribution in [3.8, 4) is 0 Å². The number of benzene rings is 1. The first-order valence-corrected chi connectivity index (χ1v) is 6.84. The van der Waals surface area contributed by atoms with Gasteiger partial charge in [0.15, 0.2) is 5.76 Å². The van der Waals surface area contributed by atoms with Crippen LogP contribution in [0.3, 0.4) is 0 Å². The van der Waals surface area contributed by atoms with Gasteiger partial charge in [-0.1, -0.05) is 0 Å². The number of rotatable bonds is 8. The molecular formula is C15H20N2O4. The lowest BCUT2D eigenvalue weighted by Crippen LogP contribution is -2.24. The molecule has 0 aliphatic carbocycles. The van der Waals surface area contributed by atoms with Crippen LogP contribution in [-0.2, 0) is 9.47 Å². The van der Waals surface area contributed by atoms with E-state index in [-0.39, 0.29) is 11.7 Å². The van der Waals surface area contributed by atoms with E-state index in [1.54, 1.807) is 31.4 Å². The average Bonchev–Trinajstić information content (AvgIpc) is 2.89. The molecule has 0 saturated heterocycles. The van der Waals surface area contributed by atoms with Gasteiger partial charge in [-0.3, -0.25) is 4.79 Å². The van der Waals surface area contributed by atoms with Gasteiger partial charge in [0.05, 0.1) is 13.2 Å². The van der Waals surface area contributed by atoms with Crippen LogP contribution in [0.4, 0.5) is 5.69 Å². The van der Waals surface area contributed by atoms with E-state index >= 15 is 0 Å². The molecule has 114 valence electrons. The van der Waals surface area contributed by atoms with E-state index in [4.69, 9.17) is 19.6 Å². The summed E-state index contributed by atoms with van der Waals surface area (Å²) in [6.07, 6.45) is 0.739. The van der Waals surface area contributed by atoms with Crippen LogP contribution in [-0.4, -0.2) is 39.4 Å². The fourth-order valence-corrected chi connectivity index (χ4v) is 1.88. The number of carbonyl (C=O) groups excluding carboxylic acids is 1. The minimum atomic E-state index is -0.235. The highest BCUT2D eigenvalue weighted by Gasteiger charge is 2.11. The number of ether oxygens (including phenoxy) is 2. The van der Waals surface area contributed by atoms with E-state index in [1.807, 2.05) is 0 Å². The van der Waals surface area contributed by atoms with Gasteiger partial charge in [0.25, 0.3) is 5.91 Å². The summed E-state index contributed by atoms with van der Waals surface area (Å²) in [5, 5.41) is 3.61. The van der Waals surface area contributed by atoms with Crippen molar-refractivity contribution >= 4 is 22.6 Å². The highest BCUT2D eigenvalue weighted by Crippen LogP contribution is 2.21. The summed E-state index contributed by atoms with van der Waals surface area (Å²) in [5.74, 6) is 0.0533. The Labute approximate surface area is 123 Å². The first kappa shape index (κ1) is 15.3. The second-order valence-electron chi connectivity index (χ2n) is 4.62. The molecule has 2 aromatic rings. The molecule has 1 heterocycles. The van der Waals surface area contributed by atoms with Crippen LogP contribution in [0.1, 0.15) is 17.0 Å². The number of methoxy groups -OCH3 is 1. The zero-order chi connectivity index (χ0) is 15.1. The van der Waals surface area contributed by atoms with Crippen LogP contribution in [0.5, 0.6) is 0 Å². The summed E-state index contributed by atoms with van der Waals surface area (Å²) in [7, 11) is 1.63. The van der Waals surface area contributed by atoms with Gasteiger partial charge in [-0.05, 0) is 30.7 Å². The topological polar surface area (TPSA) is 86.7 Å². The fourth-order valence-electron chi connectivity index (χ4n) is 1.88. The zero-order valence-electron chi connectivity index (χ0n) is 12.1. The summed E-state index contributed by atoms with van der Waals surface area (Å²) in [5.41, 5.74) is 6.98. The Morgan fingerprint density at radius 3 is 2.95 bits per heavy atom. The number of fused-ring (bicyclic) bond motifs is 1. The molecule has 0 aliphatic heterocycles. The van der Waals surface area contributed by atoms with Crippen molar-refractivity contribution in [2.45, 2.75) is 6.42 Å². The van der Waals surface area contributed by atoms with Crippen molar-refractivity contribution in [3.05, 3.63) is 30.0 Å². The van der Waals surface area contributed by atoms with E-state index in [2.05, 4.69) is 5.32 Å². The molecule has 1 aromatic carbocycles. The molecule has 1 aromatic heterocycles. The Morgan fingerprint density at radius 1 is 1.29 bits per heavy atom.